The Bertz CT molecular complexity index is 607. The Morgan fingerprint density at radius 3 is 2.68 bits per heavy atom. The molecule has 22 heavy (non-hydrogen) atoms. The Balaban J connectivity index is 1.83. The second-order valence-electron chi connectivity index (χ2n) is 5.26. The molecule has 0 unspecified atom stereocenters. The molecule has 1 aromatic heterocycles. The van der Waals surface area contributed by atoms with Crippen molar-refractivity contribution in [2.45, 2.75) is 12.8 Å². The van der Waals surface area contributed by atoms with Crippen LogP contribution in [0.3, 0.4) is 0 Å². The Kier molecular flexibility index (Phi) is 5.55. The maximum atomic E-state index is 11.9. The number of rotatable bonds is 7. The molecular formula is C16H22N4O2. The zero-order valence-electron chi connectivity index (χ0n) is 13.0. The molecule has 0 bridgehead atoms. The SMILES string of the molecule is CN(CCO)c1ccc(NC(=O)CCc2cnn(C)c2)cc1. The number of anilines is 2. The van der Waals surface area contributed by atoms with Crippen LogP contribution >= 0.6 is 0 Å². The van der Waals surface area contributed by atoms with E-state index in [1.54, 1.807) is 10.9 Å². The van der Waals surface area contributed by atoms with Crippen LogP contribution in [0.15, 0.2) is 36.7 Å². The van der Waals surface area contributed by atoms with Crippen molar-refractivity contribution in [1.29, 1.82) is 0 Å². The molecular weight excluding hydrogens is 280 g/mol. The third-order valence-corrected chi connectivity index (χ3v) is 3.43. The second kappa shape index (κ2) is 7.61. The van der Waals surface area contributed by atoms with E-state index in [1.807, 2.05) is 49.5 Å². The number of nitrogens with one attached hydrogen (secondary N) is 1. The highest BCUT2D eigenvalue weighted by molar-refractivity contribution is 5.91. The lowest BCUT2D eigenvalue weighted by atomic mass is 10.2. The summed E-state index contributed by atoms with van der Waals surface area (Å²) in [5.74, 6) is -0.0136. The molecule has 0 aliphatic rings. The van der Waals surface area contributed by atoms with Crippen molar-refractivity contribution < 1.29 is 9.90 Å². The predicted octanol–water partition coefficient (Wildman–Crippen LogP) is 1.42. The summed E-state index contributed by atoms with van der Waals surface area (Å²) in [5, 5.41) is 15.9. The van der Waals surface area contributed by atoms with Crippen molar-refractivity contribution >= 4 is 17.3 Å². The lowest BCUT2D eigenvalue weighted by molar-refractivity contribution is -0.116. The number of hydrogen-bond donors (Lipinski definition) is 2. The fourth-order valence-corrected chi connectivity index (χ4v) is 2.16. The van der Waals surface area contributed by atoms with E-state index in [0.717, 1.165) is 16.9 Å². The number of carbonyl (C=O) groups is 1. The highest BCUT2D eigenvalue weighted by Gasteiger charge is 2.05. The standard InChI is InChI=1S/C16H22N4O2/c1-19(9-10-21)15-6-4-14(5-7-15)18-16(22)8-3-13-11-17-20(2)12-13/h4-7,11-12,21H,3,8-10H2,1-2H3,(H,18,22). The molecule has 0 fully saturated rings. The molecule has 6 heteroatoms. The largest absolute Gasteiger partial charge is 0.395 e. The number of carbonyl (C=O) groups excluding carboxylic acids is 1. The van der Waals surface area contributed by atoms with Crippen LogP contribution in [0.1, 0.15) is 12.0 Å². The number of aliphatic hydroxyl groups is 1. The predicted molar refractivity (Wildman–Crippen MR) is 87.0 cm³/mol. The van der Waals surface area contributed by atoms with Gasteiger partial charge in [-0.1, -0.05) is 0 Å². The minimum Gasteiger partial charge on any atom is -0.395 e. The van der Waals surface area contributed by atoms with E-state index in [9.17, 15) is 4.79 Å². The normalized spacial score (nSPS) is 10.5. The number of benzene rings is 1. The average Bonchev–Trinajstić information content (AvgIpc) is 2.92. The first-order chi connectivity index (χ1) is 10.6. The lowest BCUT2D eigenvalue weighted by Crippen LogP contribution is -2.21. The molecule has 0 aliphatic heterocycles. The molecule has 2 N–H and O–H groups in total. The molecule has 0 atom stereocenters. The van der Waals surface area contributed by atoms with E-state index < -0.39 is 0 Å². The van der Waals surface area contributed by atoms with Crippen molar-refractivity contribution in [2.75, 3.05) is 30.4 Å². The quantitative estimate of drug-likeness (QED) is 0.811. The average molecular weight is 302 g/mol. The Hall–Kier alpha value is -2.34. The van der Waals surface area contributed by atoms with Crippen LogP contribution in [-0.4, -0.2) is 41.0 Å². The van der Waals surface area contributed by atoms with Gasteiger partial charge in [-0.2, -0.15) is 5.10 Å². The van der Waals surface area contributed by atoms with Crippen LogP contribution in [-0.2, 0) is 18.3 Å². The summed E-state index contributed by atoms with van der Waals surface area (Å²) in [6.45, 7) is 0.695. The molecule has 0 spiro atoms. The van der Waals surface area contributed by atoms with E-state index >= 15 is 0 Å². The molecule has 1 heterocycles. The van der Waals surface area contributed by atoms with Gasteiger partial charge in [0.1, 0.15) is 0 Å². The van der Waals surface area contributed by atoms with Gasteiger partial charge in [-0.15, -0.1) is 0 Å². The molecule has 1 amide bonds. The molecule has 0 aliphatic carbocycles. The van der Waals surface area contributed by atoms with Gasteiger partial charge in [0.25, 0.3) is 0 Å². The number of amides is 1. The molecule has 0 radical (unpaired) electrons. The first kappa shape index (κ1) is 16.0. The number of likely N-dealkylation sites (N-methyl/N-ethyl adjacent to an activating group) is 1. The maximum Gasteiger partial charge on any atom is 0.224 e. The fourth-order valence-electron chi connectivity index (χ4n) is 2.16. The molecule has 1 aromatic carbocycles. The van der Waals surface area contributed by atoms with Crippen LogP contribution < -0.4 is 10.2 Å². The van der Waals surface area contributed by atoms with Crippen LogP contribution in [0.2, 0.25) is 0 Å². The van der Waals surface area contributed by atoms with Crippen molar-refractivity contribution in [3.63, 3.8) is 0 Å². The van der Waals surface area contributed by atoms with E-state index in [-0.39, 0.29) is 12.5 Å². The monoisotopic (exact) mass is 302 g/mol. The van der Waals surface area contributed by atoms with Crippen LogP contribution in [0.5, 0.6) is 0 Å². The molecule has 0 saturated carbocycles. The van der Waals surface area contributed by atoms with Gasteiger partial charge in [-0.05, 0) is 36.2 Å². The maximum absolute atomic E-state index is 11.9. The topological polar surface area (TPSA) is 70.4 Å². The zero-order chi connectivity index (χ0) is 15.9. The summed E-state index contributed by atoms with van der Waals surface area (Å²) in [6, 6.07) is 7.58. The summed E-state index contributed by atoms with van der Waals surface area (Å²) < 4.78 is 1.73. The summed E-state index contributed by atoms with van der Waals surface area (Å²) in [7, 11) is 3.77. The van der Waals surface area contributed by atoms with E-state index in [1.165, 1.54) is 0 Å². The number of hydrogen-bond acceptors (Lipinski definition) is 4. The van der Waals surface area contributed by atoms with Crippen molar-refractivity contribution in [3.8, 4) is 0 Å². The third kappa shape index (κ3) is 4.60. The summed E-state index contributed by atoms with van der Waals surface area (Å²) in [5.41, 5.74) is 2.83. The smallest absolute Gasteiger partial charge is 0.224 e. The van der Waals surface area contributed by atoms with Crippen molar-refractivity contribution in [2.24, 2.45) is 7.05 Å². The summed E-state index contributed by atoms with van der Waals surface area (Å²) >= 11 is 0. The summed E-state index contributed by atoms with van der Waals surface area (Å²) in [4.78, 5) is 13.9. The minimum absolute atomic E-state index is 0.0136. The van der Waals surface area contributed by atoms with Crippen molar-refractivity contribution in [3.05, 3.63) is 42.2 Å². The molecule has 2 rings (SSSR count). The van der Waals surface area contributed by atoms with Gasteiger partial charge in [0.15, 0.2) is 0 Å². The highest BCUT2D eigenvalue weighted by atomic mass is 16.3. The number of aromatic nitrogens is 2. The van der Waals surface area contributed by atoms with Gasteiger partial charge in [0, 0.05) is 44.6 Å². The van der Waals surface area contributed by atoms with Gasteiger partial charge < -0.3 is 15.3 Å². The molecule has 6 nitrogen and oxygen atoms in total. The molecule has 118 valence electrons. The second-order valence-corrected chi connectivity index (χ2v) is 5.26. The zero-order valence-corrected chi connectivity index (χ0v) is 13.0. The van der Waals surface area contributed by atoms with Crippen LogP contribution in [0.25, 0.3) is 0 Å². The van der Waals surface area contributed by atoms with Gasteiger partial charge in [-0.25, -0.2) is 0 Å². The minimum atomic E-state index is -0.0136. The Labute approximate surface area is 130 Å². The fraction of sp³-hybridized carbons (Fsp3) is 0.375. The van der Waals surface area contributed by atoms with Crippen LogP contribution in [0.4, 0.5) is 11.4 Å². The van der Waals surface area contributed by atoms with Gasteiger partial charge >= 0.3 is 0 Å². The van der Waals surface area contributed by atoms with E-state index in [4.69, 9.17) is 5.11 Å². The number of aryl methyl sites for hydroxylation is 2. The van der Waals surface area contributed by atoms with Gasteiger partial charge in [0.05, 0.1) is 12.8 Å². The number of aliphatic hydroxyl groups excluding tert-OH is 1. The first-order valence-electron chi connectivity index (χ1n) is 7.28. The lowest BCUT2D eigenvalue weighted by Gasteiger charge is -2.18. The Morgan fingerprint density at radius 2 is 2.09 bits per heavy atom. The Morgan fingerprint density at radius 1 is 1.36 bits per heavy atom. The van der Waals surface area contributed by atoms with E-state index in [0.29, 0.717) is 19.4 Å². The third-order valence-electron chi connectivity index (χ3n) is 3.43. The summed E-state index contributed by atoms with van der Waals surface area (Å²) in [6.07, 6.45) is 4.80. The van der Waals surface area contributed by atoms with Gasteiger partial charge in [-0.3, -0.25) is 9.48 Å². The number of nitrogens with zero attached hydrogens (tertiary/aromatic N) is 3. The highest BCUT2D eigenvalue weighted by Crippen LogP contribution is 2.17. The molecule has 2 aromatic rings. The molecule has 0 saturated heterocycles. The van der Waals surface area contributed by atoms with Crippen LogP contribution in [0, 0.1) is 0 Å². The van der Waals surface area contributed by atoms with E-state index in [2.05, 4.69) is 10.4 Å². The first-order valence-corrected chi connectivity index (χ1v) is 7.28. The van der Waals surface area contributed by atoms with Gasteiger partial charge in [0.2, 0.25) is 5.91 Å². The van der Waals surface area contributed by atoms with Crippen molar-refractivity contribution in [1.82, 2.24) is 9.78 Å².